The second kappa shape index (κ2) is 11.6. The molecule has 1 aromatic heterocycles. The minimum atomic E-state index is -1.09. The summed E-state index contributed by atoms with van der Waals surface area (Å²) >= 11 is 0. The Morgan fingerprint density at radius 3 is 2.35 bits per heavy atom. The maximum absolute atomic E-state index is 13.5. The van der Waals surface area contributed by atoms with Crippen molar-refractivity contribution in [2.75, 3.05) is 5.75 Å². The molecule has 0 aliphatic rings. The fourth-order valence-electron chi connectivity index (χ4n) is 3.69. The van der Waals surface area contributed by atoms with Crippen LogP contribution in [0.2, 0.25) is 0 Å². The number of nitrogens with one attached hydrogen (secondary N) is 1. The number of pyridine rings is 1. The first kappa shape index (κ1) is 28.0. The summed E-state index contributed by atoms with van der Waals surface area (Å²) in [5, 5.41) is 2.67. The van der Waals surface area contributed by atoms with Gasteiger partial charge in [0.05, 0.1) is 0 Å². The SMILES string of the molecule is CCS(=O)Cc1ccc(C(=O)c2ccc(F)cc2)c(-c2cn(C)c(=O)cc2CNC(=O)OC(C)(C)C)c1. The zero-order valence-electron chi connectivity index (χ0n) is 21.6. The van der Waals surface area contributed by atoms with Crippen LogP contribution >= 0.6 is 0 Å². The van der Waals surface area contributed by atoms with Gasteiger partial charge in [0.25, 0.3) is 5.56 Å². The maximum Gasteiger partial charge on any atom is 0.407 e. The first-order valence-corrected chi connectivity index (χ1v) is 13.3. The van der Waals surface area contributed by atoms with Crippen molar-refractivity contribution >= 4 is 22.7 Å². The maximum atomic E-state index is 13.5. The molecule has 1 N–H and O–H groups in total. The van der Waals surface area contributed by atoms with Gasteiger partial charge in [0, 0.05) is 64.9 Å². The summed E-state index contributed by atoms with van der Waals surface area (Å²) in [4.78, 5) is 38.3. The molecule has 0 aliphatic carbocycles. The zero-order chi connectivity index (χ0) is 27.3. The quantitative estimate of drug-likeness (QED) is 0.429. The van der Waals surface area contributed by atoms with E-state index in [2.05, 4.69) is 5.32 Å². The van der Waals surface area contributed by atoms with Crippen LogP contribution in [0.25, 0.3) is 11.1 Å². The van der Waals surface area contributed by atoms with Gasteiger partial charge in [-0.2, -0.15) is 0 Å². The molecule has 7 nitrogen and oxygen atoms in total. The lowest BCUT2D eigenvalue weighted by molar-refractivity contribution is 0.0523. The highest BCUT2D eigenvalue weighted by Gasteiger charge is 2.21. The van der Waals surface area contributed by atoms with Gasteiger partial charge in [0.1, 0.15) is 11.4 Å². The molecule has 1 atom stereocenters. The van der Waals surface area contributed by atoms with E-state index in [1.54, 1.807) is 52.2 Å². The standard InChI is InChI=1S/C28H31FN2O5S/c1-6-37(35)17-18-7-12-22(26(33)19-8-10-21(29)11-9-19)23(13-18)24-16-31(5)25(32)14-20(24)15-30-27(34)36-28(2,3)4/h7-14,16H,6,15,17H2,1-5H3,(H,30,34). The molecule has 1 amide bonds. The summed E-state index contributed by atoms with van der Waals surface area (Å²) < 4.78 is 32.4. The molecule has 2 aromatic carbocycles. The first-order valence-electron chi connectivity index (χ1n) is 11.8. The number of hydrogen-bond acceptors (Lipinski definition) is 5. The monoisotopic (exact) mass is 526 g/mol. The Balaban J connectivity index is 2.14. The van der Waals surface area contributed by atoms with Gasteiger partial charge in [-0.3, -0.25) is 13.8 Å². The number of carbonyl (C=O) groups is 2. The van der Waals surface area contributed by atoms with Crippen molar-refractivity contribution in [1.29, 1.82) is 0 Å². The van der Waals surface area contributed by atoms with E-state index in [0.29, 0.717) is 39.3 Å². The average Bonchev–Trinajstić information content (AvgIpc) is 2.83. The van der Waals surface area contributed by atoms with Crippen molar-refractivity contribution in [3.8, 4) is 11.1 Å². The van der Waals surface area contributed by atoms with E-state index in [-0.39, 0.29) is 17.9 Å². The average molecular weight is 527 g/mol. The third kappa shape index (κ3) is 7.45. The Morgan fingerprint density at radius 1 is 1.05 bits per heavy atom. The molecule has 0 bridgehead atoms. The number of carbonyl (C=O) groups excluding carboxylic acids is 2. The largest absolute Gasteiger partial charge is 0.444 e. The first-order chi connectivity index (χ1) is 17.4. The van der Waals surface area contributed by atoms with Crippen LogP contribution in [0.15, 0.2) is 59.5 Å². The van der Waals surface area contributed by atoms with E-state index >= 15 is 0 Å². The summed E-state index contributed by atoms with van der Waals surface area (Å²) in [6.07, 6.45) is 0.958. The summed E-state index contributed by atoms with van der Waals surface area (Å²) in [7, 11) is 0.505. The van der Waals surface area contributed by atoms with Crippen LogP contribution < -0.4 is 10.9 Å². The molecule has 1 unspecified atom stereocenters. The molecule has 3 aromatic rings. The Hall–Kier alpha value is -3.59. The van der Waals surface area contributed by atoms with Crippen molar-refractivity contribution < 1.29 is 22.9 Å². The van der Waals surface area contributed by atoms with E-state index in [1.165, 1.54) is 34.9 Å². The Labute approximate surface area is 218 Å². The third-order valence-electron chi connectivity index (χ3n) is 5.51. The number of aryl methyl sites for hydroxylation is 1. The van der Waals surface area contributed by atoms with Gasteiger partial charge in [-0.25, -0.2) is 9.18 Å². The minimum Gasteiger partial charge on any atom is -0.444 e. The third-order valence-corrected chi connectivity index (χ3v) is 6.81. The lowest BCUT2D eigenvalue weighted by atomic mass is 9.91. The van der Waals surface area contributed by atoms with Gasteiger partial charge in [0.15, 0.2) is 5.78 Å². The molecule has 0 saturated carbocycles. The van der Waals surface area contributed by atoms with Gasteiger partial charge in [-0.05, 0) is 67.8 Å². The topological polar surface area (TPSA) is 94.5 Å². The Bertz CT molecular complexity index is 1390. The van der Waals surface area contributed by atoms with Gasteiger partial charge in [-0.1, -0.05) is 19.1 Å². The van der Waals surface area contributed by atoms with E-state index < -0.39 is 28.3 Å². The highest BCUT2D eigenvalue weighted by atomic mass is 32.2. The van der Waals surface area contributed by atoms with Crippen LogP contribution in [-0.4, -0.2) is 32.0 Å². The molecule has 0 saturated heterocycles. The predicted molar refractivity (Wildman–Crippen MR) is 142 cm³/mol. The molecule has 3 rings (SSSR count). The molecule has 37 heavy (non-hydrogen) atoms. The van der Waals surface area contributed by atoms with Crippen LogP contribution in [0.4, 0.5) is 9.18 Å². The molecule has 1 heterocycles. The molecular weight excluding hydrogens is 495 g/mol. The van der Waals surface area contributed by atoms with Crippen molar-refractivity contribution in [1.82, 2.24) is 9.88 Å². The van der Waals surface area contributed by atoms with Crippen LogP contribution in [-0.2, 0) is 34.9 Å². The fourth-order valence-corrected chi connectivity index (χ4v) is 4.44. The minimum absolute atomic E-state index is 0.0182. The van der Waals surface area contributed by atoms with Crippen LogP contribution in [0, 0.1) is 5.82 Å². The summed E-state index contributed by atoms with van der Waals surface area (Å²) in [6, 6.07) is 11.8. The highest BCUT2D eigenvalue weighted by molar-refractivity contribution is 7.84. The molecule has 0 spiro atoms. The number of alkyl carbamates (subject to hydrolysis) is 1. The van der Waals surface area contributed by atoms with Crippen molar-refractivity contribution in [3.05, 3.63) is 93.2 Å². The fraction of sp³-hybridized carbons (Fsp3) is 0.321. The Kier molecular flexibility index (Phi) is 8.81. The summed E-state index contributed by atoms with van der Waals surface area (Å²) in [6.45, 7) is 7.05. The van der Waals surface area contributed by atoms with Crippen LogP contribution in [0.1, 0.15) is 54.7 Å². The number of ketones is 1. The smallest absolute Gasteiger partial charge is 0.407 e. The molecule has 9 heteroatoms. The number of nitrogens with zero attached hydrogens (tertiary/aromatic N) is 1. The predicted octanol–water partition coefficient (Wildman–Crippen LogP) is 4.72. The molecular formula is C28H31FN2O5S. The van der Waals surface area contributed by atoms with Gasteiger partial charge in [-0.15, -0.1) is 0 Å². The number of aromatic nitrogens is 1. The zero-order valence-corrected chi connectivity index (χ0v) is 22.4. The van der Waals surface area contributed by atoms with Crippen molar-refractivity contribution in [3.63, 3.8) is 0 Å². The highest BCUT2D eigenvalue weighted by Crippen LogP contribution is 2.30. The van der Waals surface area contributed by atoms with Gasteiger partial charge >= 0.3 is 6.09 Å². The normalized spacial score (nSPS) is 12.2. The second-order valence-electron chi connectivity index (χ2n) is 9.61. The summed E-state index contributed by atoms with van der Waals surface area (Å²) in [5.74, 6) is -0.0109. The summed E-state index contributed by atoms with van der Waals surface area (Å²) in [5.41, 5.74) is 1.93. The van der Waals surface area contributed by atoms with Crippen LogP contribution in [0.3, 0.4) is 0 Å². The van der Waals surface area contributed by atoms with Crippen molar-refractivity contribution in [2.24, 2.45) is 7.05 Å². The van der Waals surface area contributed by atoms with E-state index in [0.717, 1.165) is 5.56 Å². The molecule has 0 radical (unpaired) electrons. The second-order valence-corrected chi connectivity index (χ2v) is 11.4. The molecule has 0 aliphatic heterocycles. The van der Waals surface area contributed by atoms with E-state index in [4.69, 9.17) is 4.74 Å². The number of hydrogen-bond donors (Lipinski definition) is 1. The lowest BCUT2D eigenvalue weighted by Crippen LogP contribution is -2.32. The Morgan fingerprint density at radius 2 is 1.73 bits per heavy atom. The van der Waals surface area contributed by atoms with E-state index in [9.17, 15) is 23.0 Å². The number of amides is 1. The number of benzene rings is 2. The van der Waals surface area contributed by atoms with Gasteiger partial charge < -0.3 is 14.6 Å². The number of rotatable bonds is 8. The van der Waals surface area contributed by atoms with Crippen LogP contribution in [0.5, 0.6) is 0 Å². The molecule has 196 valence electrons. The number of halogens is 1. The molecule has 0 fully saturated rings. The lowest BCUT2D eigenvalue weighted by Gasteiger charge is -2.20. The van der Waals surface area contributed by atoms with Gasteiger partial charge in [0.2, 0.25) is 0 Å². The number of ether oxygens (including phenoxy) is 1. The van der Waals surface area contributed by atoms with Crippen molar-refractivity contribution in [2.45, 2.75) is 45.6 Å². The van der Waals surface area contributed by atoms with E-state index in [1.807, 2.05) is 6.92 Å².